The van der Waals surface area contributed by atoms with Crippen molar-refractivity contribution in [1.82, 2.24) is 10.2 Å². The average molecular weight is 256 g/mol. The largest absolute Gasteiger partial charge is 0.379 e. The summed E-state index contributed by atoms with van der Waals surface area (Å²) >= 11 is 0. The third-order valence-corrected chi connectivity index (χ3v) is 3.94. The van der Waals surface area contributed by atoms with Crippen molar-refractivity contribution in [2.24, 2.45) is 5.92 Å². The first-order valence-corrected chi connectivity index (χ1v) is 7.30. The fourth-order valence-electron chi connectivity index (χ4n) is 2.90. The Labute approximate surface area is 111 Å². The van der Waals surface area contributed by atoms with Crippen LogP contribution in [0.2, 0.25) is 0 Å². The van der Waals surface area contributed by atoms with E-state index in [0.29, 0.717) is 0 Å². The summed E-state index contributed by atoms with van der Waals surface area (Å²) in [7, 11) is 0. The summed E-state index contributed by atoms with van der Waals surface area (Å²) in [6.45, 7) is 12.7. The van der Waals surface area contributed by atoms with E-state index in [1.54, 1.807) is 0 Å². The average Bonchev–Trinajstić information content (AvgIpc) is 2.35. The normalized spacial score (nSPS) is 29.3. The Morgan fingerprint density at radius 3 is 2.72 bits per heavy atom. The zero-order chi connectivity index (χ0) is 12.8. The fraction of sp³-hybridized carbons (Fsp3) is 1.00. The molecule has 0 radical (unpaired) electrons. The molecular formula is C14H28N2O2. The van der Waals surface area contributed by atoms with Crippen LogP contribution in [-0.2, 0) is 9.47 Å². The van der Waals surface area contributed by atoms with Crippen LogP contribution in [0.15, 0.2) is 0 Å². The van der Waals surface area contributed by atoms with Crippen molar-refractivity contribution in [3.05, 3.63) is 0 Å². The highest BCUT2D eigenvalue weighted by molar-refractivity contribution is 4.80. The molecule has 4 heteroatoms. The van der Waals surface area contributed by atoms with E-state index >= 15 is 0 Å². The summed E-state index contributed by atoms with van der Waals surface area (Å²) in [6.07, 6.45) is 2.38. The standard InChI is InChI=1S/C14H28N2O2/c1-14(2)11-13(3-8-18-14)12-15-4-5-16-6-9-17-10-7-16/h13,15H,3-12H2,1-2H3. The van der Waals surface area contributed by atoms with Gasteiger partial charge in [-0.1, -0.05) is 0 Å². The monoisotopic (exact) mass is 256 g/mol. The molecule has 18 heavy (non-hydrogen) atoms. The van der Waals surface area contributed by atoms with Crippen molar-refractivity contribution in [2.45, 2.75) is 32.3 Å². The summed E-state index contributed by atoms with van der Waals surface area (Å²) in [5.41, 5.74) is 0.0782. The molecule has 0 bridgehead atoms. The molecule has 1 N–H and O–H groups in total. The number of nitrogens with zero attached hydrogens (tertiary/aromatic N) is 1. The zero-order valence-electron chi connectivity index (χ0n) is 11.9. The predicted octanol–water partition coefficient (Wildman–Crippen LogP) is 1.11. The van der Waals surface area contributed by atoms with Gasteiger partial charge in [0.05, 0.1) is 18.8 Å². The Morgan fingerprint density at radius 2 is 2.00 bits per heavy atom. The highest BCUT2D eigenvalue weighted by atomic mass is 16.5. The van der Waals surface area contributed by atoms with E-state index in [9.17, 15) is 0 Å². The van der Waals surface area contributed by atoms with Crippen molar-refractivity contribution in [3.63, 3.8) is 0 Å². The third kappa shape index (κ3) is 4.84. The third-order valence-electron chi connectivity index (χ3n) is 3.94. The molecule has 106 valence electrons. The number of hydrogen-bond acceptors (Lipinski definition) is 4. The van der Waals surface area contributed by atoms with Crippen LogP contribution in [0.25, 0.3) is 0 Å². The molecule has 0 aromatic rings. The minimum Gasteiger partial charge on any atom is -0.379 e. The molecule has 2 fully saturated rings. The molecule has 0 saturated carbocycles. The summed E-state index contributed by atoms with van der Waals surface area (Å²) in [4.78, 5) is 2.48. The van der Waals surface area contributed by atoms with Gasteiger partial charge in [0.2, 0.25) is 0 Å². The highest BCUT2D eigenvalue weighted by Gasteiger charge is 2.28. The summed E-state index contributed by atoms with van der Waals surface area (Å²) in [6, 6.07) is 0. The summed E-state index contributed by atoms with van der Waals surface area (Å²) in [5, 5.41) is 3.60. The molecule has 2 heterocycles. The predicted molar refractivity (Wildman–Crippen MR) is 72.9 cm³/mol. The maximum absolute atomic E-state index is 5.75. The van der Waals surface area contributed by atoms with Crippen LogP contribution in [0.1, 0.15) is 26.7 Å². The molecule has 0 amide bonds. The molecule has 4 nitrogen and oxygen atoms in total. The van der Waals surface area contributed by atoms with Crippen LogP contribution in [0.5, 0.6) is 0 Å². The molecule has 2 aliphatic heterocycles. The second-order valence-electron chi connectivity index (χ2n) is 6.13. The minimum atomic E-state index is 0.0782. The van der Waals surface area contributed by atoms with Gasteiger partial charge in [-0.25, -0.2) is 0 Å². The van der Waals surface area contributed by atoms with Gasteiger partial charge >= 0.3 is 0 Å². The Hall–Kier alpha value is -0.160. The summed E-state index contributed by atoms with van der Waals surface area (Å²) < 4.78 is 11.1. The zero-order valence-corrected chi connectivity index (χ0v) is 11.9. The van der Waals surface area contributed by atoms with Crippen LogP contribution in [0, 0.1) is 5.92 Å². The molecule has 0 aromatic heterocycles. The van der Waals surface area contributed by atoms with Gasteiger partial charge in [-0.3, -0.25) is 4.90 Å². The van der Waals surface area contributed by atoms with Crippen LogP contribution in [-0.4, -0.2) is 63.0 Å². The first kappa shape index (κ1) is 14.3. The van der Waals surface area contributed by atoms with Crippen molar-refractivity contribution in [2.75, 3.05) is 52.5 Å². The number of nitrogens with one attached hydrogen (secondary N) is 1. The smallest absolute Gasteiger partial charge is 0.0629 e. The number of rotatable bonds is 5. The Balaban J connectivity index is 1.54. The number of morpholine rings is 1. The van der Waals surface area contributed by atoms with Gasteiger partial charge in [-0.05, 0) is 39.2 Å². The Bertz CT molecular complexity index is 240. The molecule has 1 unspecified atom stereocenters. The van der Waals surface area contributed by atoms with Crippen LogP contribution in [0.4, 0.5) is 0 Å². The van der Waals surface area contributed by atoms with E-state index < -0.39 is 0 Å². The maximum Gasteiger partial charge on any atom is 0.0629 e. The van der Waals surface area contributed by atoms with E-state index in [1.807, 2.05) is 0 Å². The van der Waals surface area contributed by atoms with E-state index in [1.165, 1.54) is 12.8 Å². The van der Waals surface area contributed by atoms with Gasteiger partial charge in [0.1, 0.15) is 0 Å². The SMILES string of the molecule is CC1(C)CC(CNCCN2CCOCC2)CCO1. The van der Waals surface area contributed by atoms with Crippen molar-refractivity contribution >= 4 is 0 Å². The van der Waals surface area contributed by atoms with Gasteiger partial charge in [0.15, 0.2) is 0 Å². The lowest BCUT2D eigenvalue weighted by molar-refractivity contribution is -0.0718. The second kappa shape index (κ2) is 6.85. The van der Waals surface area contributed by atoms with Crippen LogP contribution >= 0.6 is 0 Å². The van der Waals surface area contributed by atoms with E-state index in [4.69, 9.17) is 9.47 Å². The molecule has 1 atom stereocenters. The molecule has 0 spiro atoms. The molecule has 2 rings (SSSR count). The summed E-state index contributed by atoms with van der Waals surface area (Å²) in [5.74, 6) is 0.776. The minimum absolute atomic E-state index is 0.0782. The Morgan fingerprint density at radius 1 is 1.22 bits per heavy atom. The van der Waals surface area contributed by atoms with Gasteiger partial charge in [0, 0.05) is 32.8 Å². The molecular weight excluding hydrogens is 228 g/mol. The Kier molecular flexibility index (Phi) is 5.42. The lowest BCUT2D eigenvalue weighted by Crippen LogP contribution is -2.42. The highest BCUT2D eigenvalue weighted by Crippen LogP contribution is 2.27. The van der Waals surface area contributed by atoms with Crippen LogP contribution < -0.4 is 5.32 Å². The van der Waals surface area contributed by atoms with Gasteiger partial charge < -0.3 is 14.8 Å². The van der Waals surface area contributed by atoms with Gasteiger partial charge in [-0.2, -0.15) is 0 Å². The van der Waals surface area contributed by atoms with E-state index in [-0.39, 0.29) is 5.60 Å². The van der Waals surface area contributed by atoms with Crippen LogP contribution in [0.3, 0.4) is 0 Å². The van der Waals surface area contributed by atoms with E-state index in [2.05, 4.69) is 24.1 Å². The topological polar surface area (TPSA) is 33.7 Å². The van der Waals surface area contributed by atoms with Crippen molar-refractivity contribution in [3.8, 4) is 0 Å². The quantitative estimate of drug-likeness (QED) is 0.747. The van der Waals surface area contributed by atoms with Gasteiger partial charge in [0.25, 0.3) is 0 Å². The fourth-order valence-corrected chi connectivity index (χ4v) is 2.90. The molecule has 2 saturated heterocycles. The molecule has 0 aromatic carbocycles. The molecule has 0 aliphatic carbocycles. The lowest BCUT2D eigenvalue weighted by atomic mass is 9.88. The van der Waals surface area contributed by atoms with Gasteiger partial charge in [-0.15, -0.1) is 0 Å². The van der Waals surface area contributed by atoms with Crippen molar-refractivity contribution in [1.29, 1.82) is 0 Å². The first-order valence-electron chi connectivity index (χ1n) is 7.30. The number of hydrogen-bond donors (Lipinski definition) is 1. The molecule has 2 aliphatic rings. The maximum atomic E-state index is 5.75. The van der Waals surface area contributed by atoms with E-state index in [0.717, 1.165) is 58.5 Å². The first-order chi connectivity index (χ1) is 8.66. The number of ether oxygens (including phenoxy) is 2. The van der Waals surface area contributed by atoms with Crippen molar-refractivity contribution < 1.29 is 9.47 Å². The lowest BCUT2D eigenvalue weighted by Gasteiger charge is -2.35. The second-order valence-corrected chi connectivity index (χ2v) is 6.13.